The number of carbonyl (C=O) groups excluding carboxylic acids is 3. The molecule has 0 radical (unpaired) electrons. The van der Waals surface area contributed by atoms with Crippen molar-refractivity contribution in [3.8, 4) is 11.5 Å². The van der Waals surface area contributed by atoms with Gasteiger partial charge in [0.1, 0.15) is 22.1 Å². The fourth-order valence-corrected chi connectivity index (χ4v) is 5.53. The van der Waals surface area contributed by atoms with Gasteiger partial charge < -0.3 is 19.3 Å². The summed E-state index contributed by atoms with van der Waals surface area (Å²) in [6.45, 7) is 10.4. The summed E-state index contributed by atoms with van der Waals surface area (Å²) >= 11 is 0.967. The Labute approximate surface area is 243 Å². The first-order chi connectivity index (χ1) is 19.7. The number of ether oxygens (including phenoxy) is 3. The summed E-state index contributed by atoms with van der Waals surface area (Å²) in [5.41, 5.74) is 1.96. The highest BCUT2D eigenvalue weighted by Crippen LogP contribution is 2.44. The van der Waals surface area contributed by atoms with Gasteiger partial charge in [0.15, 0.2) is 5.13 Å². The number of amides is 1. The van der Waals surface area contributed by atoms with Crippen molar-refractivity contribution >= 4 is 39.9 Å². The SMILES string of the molecule is CCCOc1ccc([C@@H]2C(=C(O)c3ccc(OCCC)cc3C)C(=O)C(=O)N2c2nc(C)c(C(=O)OCC)s2)cc1. The molecule has 4 rings (SSSR count). The summed E-state index contributed by atoms with van der Waals surface area (Å²) in [5.74, 6) is -1.28. The van der Waals surface area contributed by atoms with E-state index in [1.165, 1.54) is 4.90 Å². The van der Waals surface area contributed by atoms with Crippen molar-refractivity contribution in [2.75, 3.05) is 24.7 Å². The van der Waals surface area contributed by atoms with E-state index in [9.17, 15) is 19.5 Å². The van der Waals surface area contributed by atoms with Crippen molar-refractivity contribution in [1.82, 2.24) is 4.98 Å². The molecule has 216 valence electrons. The quantitative estimate of drug-likeness (QED) is 0.125. The number of carbonyl (C=O) groups is 3. The van der Waals surface area contributed by atoms with E-state index >= 15 is 0 Å². The number of thiazole rings is 1. The zero-order valence-corrected chi connectivity index (χ0v) is 24.7. The number of aliphatic hydroxyl groups is 1. The summed E-state index contributed by atoms with van der Waals surface area (Å²) in [5, 5.41) is 11.7. The molecule has 1 aliphatic rings. The molecule has 41 heavy (non-hydrogen) atoms. The maximum Gasteiger partial charge on any atom is 0.350 e. The minimum absolute atomic E-state index is 0.0758. The highest BCUT2D eigenvalue weighted by Gasteiger charge is 2.48. The van der Waals surface area contributed by atoms with E-state index in [2.05, 4.69) is 4.98 Å². The monoisotopic (exact) mass is 578 g/mol. The third-order valence-corrected chi connectivity index (χ3v) is 7.63. The number of hydrogen-bond donors (Lipinski definition) is 1. The van der Waals surface area contributed by atoms with Crippen LogP contribution in [0.3, 0.4) is 0 Å². The van der Waals surface area contributed by atoms with Gasteiger partial charge in [-0.3, -0.25) is 14.5 Å². The number of hydrogen-bond acceptors (Lipinski definition) is 9. The van der Waals surface area contributed by atoms with Crippen molar-refractivity contribution in [2.45, 2.75) is 53.5 Å². The first kappa shape index (κ1) is 29.8. The number of nitrogens with zero attached hydrogens (tertiary/aromatic N) is 2. The number of aromatic nitrogens is 1. The molecule has 10 heteroatoms. The lowest BCUT2D eigenvalue weighted by molar-refractivity contribution is -0.132. The van der Waals surface area contributed by atoms with Crippen LogP contribution in [0.1, 0.15) is 71.7 Å². The van der Waals surface area contributed by atoms with Gasteiger partial charge in [-0.05, 0) is 75.1 Å². The second-order valence-corrected chi connectivity index (χ2v) is 10.5. The molecule has 1 aromatic heterocycles. The second-order valence-electron chi connectivity index (χ2n) is 9.54. The van der Waals surface area contributed by atoms with Crippen LogP contribution >= 0.6 is 11.3 Å². The third kappa shape index (κ3) is 6.12. The number of anilines is 1. The van der Waals surface area contributed by atoms with E-state index in [0.717, 1.165) is 24.2 Å². The van der Waals surface area contributed by atoms with Gasteiger partial charge >= 0.3 is 11.9 Å². The highest BCUT2D eigenvalue weighted by atomic mass is 32.1. The summed E-state index contributed by atoms with van der Waals surface area (Å²) in [6, 6.07) is 11.2. The van der Waals surface area contributed by atoms with Gasteiger partial charge in [-0.15, -0.1) is 0 Å². The van der Waals surface area contributed by atoms with Crippen LogP contribution in [-0.2, 0) is 14.3 Å². The number of esters is 1. The molecular weight excluding hydrogens is 544 g/mol. The molecule has 1 atom stereocenters. The molecule has 1 fully saturated rings. The van der Waals surface area contributed by atoms with Crippen molar-refractivity contribution in [3.05, 3.63) is 75.3 Å². The van der Waals surface area contributed by atoms with Crippen LogP contribution in [0.4, 0.5) is 5.13 Å². The Bertz CT molecular complexity index is 1480. The van der Waals surface area contributed by atoms with Crippen molar-refractivity contribution in [3.63, 3.8) is 0 Å². The molecule has 1 aliphatic heterocycles. The van der Waals surface area contributed by atoms with E-state index in [-0.39, 0.29) is 27.9 Å². The van der Waals surface area contributed by atoms with Gasteiger partial charge in [-0.1, -0.05) is 37.3 Å². The number of benzene rings is 2. The molecule has 0 unspecified atom stereocenters. The highest BCUT2D eigenvalue weighted by molar-refractivity contribution is 7.17. The average Bonchev–Trinajstić information content (AvgIpc) is 3.47. The minimum atomic E-state index is -0.994. The van der Waals surface area contributed by atoms with E-state index in [4.69, 9.17) is 14.2 Å². The molecule has 1 N–H and O–H groups in total. The Balaban J connectivity index is 1.86. The molecule has 0 aliphatic carbocycles. The largest absolute Gasteiger partial charge is 0.507 e. The predicted octanol–water partition coefficient (Wildman–Crippen LogP) is 6.14. The number of aliphatic hydroxyl groups excluding tert-OH is 1. The maximum absolute atomic E-state index is 13.6. The molecule has 1 saturated heterocycles. The average molecular weight is 579 g/mol. The Morgan fingerprint density at radius 1 is 0.976 bits per heavy atom. The van der Waals surface area contributed by atoms with Crippen molar-refractivity contribution < 1.29 is 33.7 Å². The number of aryl methyl sites for hydroxylation is 2. The topological polar surface area (TPSA) is 115 Å². The maximum atomic E-state index is 13.6. The van der Waals surface area contributed by atoms with Crippen LogP contribution in [-0.4, -0.2) is 47.6 Å². The molecule has 2 heterocycles. The lowest BCUT2D eigenvalue weighted by atomic mass is 9.94. The molecule has 9 nitrogen and oxygen atoms in total. The van der Waals surface area contributed by atoms with Crippen LogP contribution in [0.2, 0.25) is 0 Å². The summed E-state index contributed by atoms with van der Waals surface area (Å²) in [7, 11) is 0. The minimum Gasteiger partial charge on any atom is -0.507 e. The van der Waals surface area contributed by atoms with E-state index in [1.54, 1.807) is 63.2 Å². The smallest absolute Gasteiger partial charge is 0.350 e. The van der Waals surface area contributed by atoms with Gasteiger partial charge in [0.2, 0.25) is 0 Å². The summed E-state index contributed by atoms with van der Waals surface area (Å²) in [6.07, 6.45) is 1.69. The Hall–Kier alpha value is -4.18. The fourth-order valence-electron chi connectivity index (χ4n) is 4.54. The number of Topliss-reactive ketones (excluding diaryl/α,β-unsaturated/α-hetero) is 1. The predicted molar refractivity (Wildman–Crippen MR) is 157 cm³/mol. The zero-order chi connectivity index (χ0) is 29.7. The van der Waals surface area contributed by atoms with E-state index < -0.39 is 23.7 Å². The van der Waals surface area contributed by atoms with Crippen LogP contribution < -0.4 is 14.4 Å². The van der Waals surface area contributed by atoms with Gasteiger partial charge in [0, 0.05) is 5.56 Å². The number of ketones is 1. The molecule has 2 aromatic carbocycles. The Morgan fingerprint density at radius 2 is 1.61 bits per heavy atom. The summed E-state index contributed by atoms with van der Waals surface area (Å²) in [4.78, 5) is 45.6. The third-order valence-electron chi connectivity index (χ3n) is 6.49. The zero-order valence-electron chi connectivity index (χ0n) is 23.9. The van der Waals surface area contributed by atoms with Gasteiger partial charge in [-0.2, -0.15) is 0 Å². The summed E-state index contributed by atoms with van der Waals surface area (Å²) < 4.78 is 16.6. The van der Waals surface area contributed by atoms with Gasteiger partial charge in [-0.25, -0.2) is 9.78 Å². The molecule has 3 aromatic rings. The molecule has 0 bridgehead atoms. The first-order valence-corrected chi connectivity index (χ1v) is 14.4. The first-order valence-electron chi connectivity index (χ1n) is 13.6. The normalized spacial score (nSPS) is 16.2. The Kier molecular flexibility index (Phi) is 9.44. The van der Waals surface area contributed by atoms with Crippen molar-refractivity contribution in [1.29, 1.82) is 0 Å². The standard InChI is InChI=1S/C31H34N2O7S/c1-6-15-39-21-11-9-20(10-12-21)25-24(26(34)23-14-13-22(17-18(23)4)40-16-7-2)27(35)29(36)33(25)31-32-19(5)28(41-31)30(37)38-8-3/h9-14,17,25,34H,6-8,15-16H2,1-5H3/t25-/m1/s1. The van der Waals surface area contributed by atoms with Gasteiger partial charge in [0.05, 0.1) is 37.1 Å². The lowest BCUT2D eigenvalue weighted by Crippen LogP contribution is -2.29. The Morgan fingerprint density at radius 3 is 2.22 bits per heavy atom. The van der Waals surface area contributed by atoms with Gasteiger partial charge in [0.25, 0.3) is 5.78 Å². The van der Waals surface area contributed by atoms with Crippen molar-refractivity contribution in [2.24, 2.45) is 0 Å². The van der Waals surface area contributed by atoms with Crippen LogP contribution in [0.15, 0.2) is 48.0 Å². The number of rotatable bonds is 11. The fraction of sp³-hybridized carbons (Fsp3) is 0.355. The molecule has 1 amide bonds. The van der Waals surface area contributed by atoms with Crippen LogP contribution in [0.25, 0.3) is 5.76 Å². The molecule has 0 saturated carbocycles. The van der Waals surface area contributed by atoms with E-state index in [1.807, 2.05) is 13.8 Å². The van der Waals surface area contributed by atoms with E-state index in [0.29, 0.717) is 47.1 Å². The lowest BCUT2D eigenvalue weighted by Gasteiger charge is -2.23. The van der Waals surface area contributed by atoms with Crippen LogP contribution in [0.5, 0.6) is 11.5 Å². The second kappa shape index (κ2) is 13.0. The molecule has 0 spiro atoms. The van der Waals surface area contributed by atoms with Crippen LogP contribution in [0, 0.1) is 13.8 Å². The molecular formula is C31H34N2O7S.